The number of allylic oxidation sites excluding steroid dienone is 2. The van der Waals surface area contributed by atoms with Crippen LogP contribution in [0.5, 0.6) is 0 Å². The van der Waals surface area contributed by atoms with Gasteiger partial charge in [0.05, 0.1) is 17.9 Å². The van der Waals surface area contributed by atoms with Gasteiger partial charge in [0.1, 0.15) is 0 Å². The third-order valence-corrected chi connectivity index (χ3v) is 5.50. The first-order valence-corrected chi connectivity index (χ1v) is 9.15. The van der Waals surface area contributed by atoms with Crippen molar-refractivity contribution >= 4 is 29.3 Å². The highest BCUT2D eigenvalue weighted by Crippen LogP contribution is 2.41. The third-order valence-electron chi connectivity index (χ3n) is 5.50. The fraction of sp³-hybridized carbons (Fsp3) is 0.350. The standard InChI is InChI=1S/C20H24N6O2/c1-11(2)10-24-18(27)16-17(23(5)20(24)28)22-19-25(12(3)13(4)26(16)19)15-9-7-6-8-14(15)21/h6-9,16-17H,1,10,21H2,2-5H3. The summed E-state index contributed by atoms with van der Waals surface area (Å²) in [6, 6.07) is 6.59. The monoisotopic (exact) mass is 380 g/mol. The number of hydrogen-bond acceptors (Lipinski definition) is 6. The lowest BCUT2D eigenvalue weighted by Crippen LogP contribution is -2.64. The molecule has 0 spiro atoms. The van der Waals surface area contributed by atoms with Gasteiger partial charge in [-0.25, -0.2) is 9.79 Å². The summed E-state index contributed by atoms with van der Waals surface area (Å²) >= 11 is 0. The molecule has 2 atom stereocenters. The average molecular weight is 380 g/mol. The number of benzene rings is 1. The number of nitrogens with two attached hydrogens (primary N) is 1. The van der Waals surface area contributed by atoms with Gasteiger partial charge in [-0.15, -0.1) is 0 Å². The van der Waals surface area contributed by atoms with Crippen molar-refractivity contribution in [1.82, 2.24) is 14.7 Å². The lowest BCUT2D eigenvalue weighted by molar-refractivity contribution is -0.136. The van der Waals surface area contributed by atoms with Gasteiger partial charge in [-0.05, 0) is 32.9 Å². The summed E-state index contributed by atoms with van der Waals surface area (Å²) in [6.07, 6.45) is -0.577. The topological polar surface area (TPSA) is 85.5 Å². The number of imide groups is 1. The largest absolute Gasteiger partial charge is 0.397 e. The molecule has 1 fully saturated rings. The Morgan fingerprint density at radius 2 is 1.89 bits per heavy atom. The number of anilines is 2. The quantitative estimate of drug-likeness (QED) is 0.642. The minimum absolute atomic E-state index is 0.200. The number of guanidine groups is 1. The van der Waals surface area contributed by atoms with E-state index in [1.165, 1.54) is 9.80 Å². The number of carbonyl (C=O) groups is 2. The first-order chi connectivity index (χ1) is 13.2. The molecule has 2 unspecified atom stereocenters. The minimum atomic E-state index is -0.595. The van der Waals surface area contributed by atoms with Gasteiger partial charge in [-0.1, -0.05) is 24.3 Å². The molecule has 8 heteroatoms. The summed E-state index contributed by atoms with van der Waals surface area (Å²) in [5.74, 6) is 0.359. The van der Waals surface area contributed by atoms with Crippen LogP contribution in [-0.4, -0.2) is 58.4 Å². The molecule has 1 saturated heterocycles. The molecule has 1 aromatic carbocycles. The van der Waals surface area contributed by atoms with Gasteiger partial charge in [-0.3, -0.25) is 19.5 Å². The van der Waals surface area contributed by atoms with Gasteiger partial charge in [0.25, 0.3) is 5.91 Å². The van der Waals surface area contributed by atoms with Crippen molar-refractivity contribution in [2.24, 2.45) is 4.99 Å². The van der Waals surface area contributed by atoms with Gasteiger partial charge in [0.15, 0.2) is 12.2 Å². The summed E-state index contributed by atoms with van der Waals surface area (Å²) in [7, 11) is 1.68. The second-order valence-corrected chi connectivity index (χ2v) is 7.50. The molecule has 3 aliphatic rings. The van der Waals surface area contributed by atoms with Crippen LogP contribution in [-0.2, 0) is 4.79 Å². The second-order valence-electron chi connectivity index (χ2n) is 7.50. The number of urea groups is 1. The Kier molecular flexibility index (Phi) is 3.95. The number of para-hydroxylation sites is 2. The molecule has 2 N–H and O–H groups in total. The summed E-state index contributed by atoms with van der Waals surface area (Å²) in [5, 5.41) is 0. The molecule has 3 amide bonds. The number of likely N-dealkylation sites (N-methyl/N-ethyl adjacent to an activating group) is 1. The molecule has 1 aromatic rings. The average Bonchev–Trinajstić information content (AvgIpc) is 3.14. The summed E-state index contributed by atoms with van der Waals surface area (Å²) < 4.78 is 0. The van der Waals surface area contributed by atoms with Crippen LogP contribution in [0.15, 0.2) is 52.8 Å². The Bertz CT molecular complexity index is 965. The van der Waals surface area contributed by atoms with Gasteiger partial charge >= 0.3 is 6.03 Å². The lowest BCUT2D eigenvalue weighted by atomic mass is 10.1. The van der Waals surface area contributed by atoms with Crippen LogP contribution in [0, 0.1) is 0 Å². The zero-order valence-corrected chi connectivity index (χ0v) is 16.5. The van der Waals surface area contributed by atoms with E-state index in [0.717, 1.165) is 22.7 Å². The molecular formula is C20H24N6O2. The highest BCUT2D eigenvalue weighted by Gasteiger charge is 2.55. The van der Waals surface area contributed by atoms with Crippen molar-refractivity contribution in [1.29, 1.82) is 0 Å². The zero-order chi connectivity index (χ0) is 20.3. The summed E-state index contributed by atoms with van der Waals surface area (Å²) in [6.45, 7) is 9.78. The Morgan fingerprint density at radius 3 is 2.54 bits per heavy atom. The molecule has 0 aliphatic carbocycles. The predicted molar refractivity (Wildman–Crippen MR) is 108 cm³/mol. The molecule has 8 nitrogen and oxygen atoms in total. The molecule has 0 bridgehead atoms. The first-order valence-electron chi connectivity index (χ1n) is 9.15. The van der Waals surface area contributed by atoms with E-state index in [1.807, 2.05) is 47.9 Å². The van der Waals surface area contributed by atoms with Crippen molar-refractivity contribution in [2.75, 3.05) is 24.2 Å². The Balaban J connectivity index is 1.79. The lowest BCUT2D eigenvalue weighted by Gasteiger charge is -2.40. The van der Waals surface area contributed by atoms with E-state index in [9.17, 15) is 9.59 Å². The molecular weight excluding hydrogens is 356 g/mol. The number of hydrogen-bond donors (Lipinski definition) is 1. The highest BCUT2D eigenvalue weighted by molar-refractivity contribution is 6.11. The van der Waals surface area contributed by atoms with Gasteiger partial charge in [0, 0.05) is 18.4 Å². The number of nitrogens with zero attached hydrogens (tertiary/aromatic N) is 5. The molecule has 4 rings (SSSR count). The van der Waals surface area contributed by atoms with E-state index in [4.69, 9.17) is 10.7 Å². The maximum Gasteiger partial charge on any atom is 0.328 e. The van der Waals surface area contributed by atoms with Gasteiger partial charge < -0.3 is 10.6 Å². The normalized spacial score (nSPS) is 24.1. The van der Waals surface area contributed by atoms with Crippen LogP contribution >= 0.6 is 0 Å². The van der Waals surface area contributed by atoms with Crippen LogP contribution in [0.4, 0.5) is 16.2 Å². The molecule has 0 radical (unpaired) electrons. The van der Waals surface area contributed by atoms with E-state index in [1.54, 1.807) is 14.0 Å². The Morgan fingerprint density at radius 1 is 1.21 bits per heavy atom. The molecule has 0 saturated carbocycles. The Hall–Kier alpha value is -3.29. The van der Waals surface area contributed by atoms with Crippen LogP contribution < -0.4 is 10.6 Å². The van der Waals surface area contributed by atoms with Crippen molar-refractivity contribution in [3.8, 4) is 0 Å². The van der Waals surface area contributed by atoms with E-state index >= 15 is 0 Å². The number of aliphatic imine (C=N–C) groups is 1. The smallest absolute Gasteiger partial charge is 0.328 e. The first kappa shape index (κ1) is 18.1. The van der Waals surface area contributed by atoms with Crippen molar-refractivity contribution in [3.05, 3.63) is 47.8 Å². The van der Waals surface area contributed by atoms with E-state index < -0.39 is 12.2 Å². The fourth-order valence-electron chi connectivity index (χ4n) is 4.01. The highest BCUT2D eigenvalue weighted by atomic mass is 16.2. The van der Waals surface area contributed by atoms with Crippen LogP contribution in [0.1, 0.15) is 20.8 Å². The zero-order valence-electron chi connectivity index (χ0n) is 16.5. The molecule has 0 aromatic heterocycles. The van der Waals surface area contributed by atoms with Crippen LogP contribution in [0.3, 0.4) is 0 Å². The van der Waals surface area contributed by atoms with Gasteiger partial charge in [-0.2, -0.15) is 0 Å². The predicted octanol–water partition coefficient (Wildman–Crippen LogP) is 2.18. The van der Waals surface area contributed by atoms with E-state index in [-0.39, 0.29) is 18.5 Å². The molecule has 28 heavy (non-hydrogen) atoms. The van der Waals surface area contributed by atoms with Crippen molar-refractivity contribution in [2.45, 2.75) is 33.0 Å². The second kappa shape index (κ2) is 6.12. The molecule has 146 valence electrons. The number of rotatable bonds is 3. The van der Waals surface area contributed by atoms with Gasteiger partial charge in [0.2, 0.25) is 5.96 Å². The maximum absolute atomic E-state index is 13.3. The SMILES string of the molecule is C=C(C)CN1C(=O)C2C(N=C3N(c4ccccc4N)C(C)=C(C)N32)N(C)C1=O. The minimum Gasteiger partial charge on any atom is -0.397 e. The number of amides is 3. The number of nitrogen functional groups attached to an aromatic ring is 1. The number of fused-ring (bicyclic) bond motifs is 3. The molecule has 3 aliphatic heterocycles. The summed E-state index contributed by atoms with van der Waals surface area (Å²) in [5.41, 5.74) is 10.2. The van der Waals surface area contributed by atoms with Crippen molar-refractivity contribution < 1.29 is 9.59 Å². The maximum atomic E-state index is 13.3. The van der Waals surface area contributed by atoms with E-state index in [2.05, 4.69) is 6.58 Å². The van der Waals surface area contributed by atoms with E-state index in [0.29, 0.717) is 11.6 Å². The van der Waals surface area contributed by atoms with Crippen molar-refractivity contribution in [3.63, 3.8) is 0 Å². The summed E-state index contributed by atoms with van der Waals surface area (Å²) in [4.78, 5) is 37.4. The molecule has 3 heterocycles. The van der Waals surface area contributed by atoms with Crippen LogP contribution in [0.25, 0.3) is 0 Å². The van der Waals surface area contributed by atoms with Crippen LogP contribution in [0.2, 0.25) is 0 Å². The number of carbonyl (C=O) groups excluding carboxylic acids is 2. The Labute approximate surface area is 164 Å². The fourth-order valence-corrected chi connectivity index (χ4v) is 4.01. The third kappa shape index (κ3) is 2.33.